The molecule has 18 heavy (non-hydrogen) atoms. The maximum Gasteiger partial charge on any atom is 0.120 e. The quantitative estimate of drug-likeness (QED) is 0.836. The number of nitrogens with zero attached hydrogens (tertiary/aromatic N) is 1. The van der Waals surface area contributed by atoms with Crippen LogP contribution in [-0.2, 0) is 0 Å². The van der Waals surface area contributed by atoms with Gasteiger partial charge in [-0.05, 0) is 42.5 Å². The van der Waals surface area contributed by atoms with Crippen molar-refractivity contribution in [2.75, 3.05) is 7.11 Å². The van der Waals surface area contributed by atoms with Gasteiger partial charge in [-0.3, -0.25) is 0 Å². The number of halogens is 1. The highest BCUT2D eigenvalue weighted by molar-refractivity contribution is 9.10. The molecule has 2 nitrogen and oxygen atoms in total. The van der Waals surface area contributed by atoms with Gasteiger partial charge in [0, 0.05) is 14.3 Å². The molecule has 0 fully saturated rings. The van der Waals surface area contributed by atoms with Gasteiger partial charge < -0.3 is 4.74 Å². The van der Waals surface area contributed by atoms with Crippen LogP contribution in [0.4, 0.5) is 0 Å². The van der Waals surface area contributed by atoms with Crippen molar-refractivity contribution in [3.63, 3.8) is 0 Å². The second kappa shape index (κ2) is 5.94. The summed E-state index contributed by atoms with van der Waals surface area (Å²) in [4.78, 5) is 2.03. The molecule has 0 aliphatic heterocycles. The summed E-state index contributed by atoms with van der Waals surface area (Å²) in [6, 6.07) is 15.7. The Morgan fingerprint density at radius 1 is 1.17 bits per heavy atom. The van der Waals surface area contributed by atoms with E-state index in [-0.39, 0.29) is 0 Å². The lowest BCUT2D eigenvalue weighted by atomic mass is 10.2. The third-order valence-corrected chi connectivity index (χ3v) is 3.96. The van der Waals surface area contributed by atoms with E-state index in [4.69, 9.17) is 10.00 Å². The minimum absolute atomic E-state index is 0.627. The van der Waals surface area contributed by atoms with Crippen LogP contribution in [0.25, 0.3) is 0 Å². The maximum absolute atomic E-state index is 9.13. The van der Waals surface area contributed by atoms with Crippen LogP contribution in [-0.4, -0.2) is 7.11 Å². The summed E-state index contributed by atoms with van der Waals surface area (Å²) in [6.45, 7) is 0. The first-order valence-electron chi connectivity index (χ1n) is 5.24. The molecule has 2 rings (SSSR count). The first-order chi connectivity index (χ1) is 8.72. The molecule has 0 unspecified atom stereocenters. The number of rotatable bonds is 3. The van der Waals surface area contributed by atoms with Crippen LogP contribution in [0.5, 0.6) is 5.75 Å². The third kappa shape index (κ3) is 3.06. The summed E-state index contributed by atoms with van der Waals surface area (Å²) in [6.07, 6.45) is 0. The van der Waals surface area contributed by atoms with Gasteiger partial charge >= 0.3 is 0 Å². The van der Waals surface area contributed by atoms with Crippen molar-refractivity contribution >= 4 is 27.7 Å². The highest BCUT2D eigenvalue weighted by Crippen LogP contribution is 2.32. The van der Waals surface area contributed by atoms with E-state index in [1.54, 1.807) is 24.9 Å². The van der Waals surface area contributed by atoms with E-state index in [1.165, 1.54) is 0 Å². The van der Waals surface area contributed by atoms with Crippen LogP contribution in [0, 0.1) is 11.3 Å². The number of ether oxygens (including phenoxy) is 1. The molecule has 0 atom stereocenters. The predicted octanol–water partition coefficient (Wildman–Crippen LogP) is 4.48. The van der Waals surface area contributed by atoms with Gasteiger partial charge in [-0.15, -0.1) is 0 Å². The fraction of sp³-hybridized carbons (Fsp3) is 0.0714. The predicted molar refractivity (Wildman–Crippen MR) is 76.0 cm³/mol. The lowest BCUT2D eigenvalue weighted by Gasteiger charge is -2.06. The molecular weight excluding hydrogens is 310 g/mol. The standard InChI is InChI=1S/C14H10BrNOS/c1-17-12-4-7-14(10(8-12)9-16)18-13-5-2-11(15)3-6-13/h2-8H,1H3. The summed E-state index contributed by atoms with van der Waals surface area (Å²) in [7, 11) is 1.60. The molecule has 90 valence electrons. The topological polar surface area (TPSA) is 33.0 Å². The Labute approximate surface area is 119 Å². The molecule has 0 N–H and O–H groups in total. The monoisotopic (exact) mass is 319 g/mol. The molecule has 0 saturated heterocycles. The molecule has 0 spiro atoms. The van der Waals surface area contributed by atoms with Crippen LogP contribution < -0.4 is 4.74 Å². The molecule has 0 saturated carbocycles. The van der Waals surface area contributed by atoms with E-state index in [1.807, 2.05) is 36.4 Å². The number of nitriles is 1. The van der Waals surface area contributed by atoms with Gasteiger partial charge in [0.15, 0.2) is 0 Å². The summed E-state index contributed by atoms with van der Waals surface area (Å²) in [5, 5.41) is 9.13. The SMILES string of the molecule is COc1ccc(Sc2ccc(Br)cc2)c(C#N)c1. The smallest absolute Gasteiger partial charge is 0.120 e. The molecule has 4 heteroatoms. The molecule has 2 aromatic carbocycles. The summed E-state index contributed by atoms with van der Waals surface area (Å²) >= 11 is 4.97. The summed E-state index contributed by atoms with van der Waals surface area (Å²) in [5.74, 6) is 0.701. The normalized spacial score (nSPS) is 9.83. The molecule has 2 aromatic rings. The Kier molecular flexibility index (Phi) is 4.29. The van der Waals surface area contributed by atoms with Gasteiger partial charge in [-0.1, -0.05) is 27.7 Å². The largest absolute Gasteiger partial charge is 0.497 e. The number of methoxy groups -OCH3 is 1. The molecule has 0 amide bonds. The second-order valence-electron chi connectivity index (χ2n) is 3.53. The van der Waals surface area contributed by atoms with E-state index in [0.717, 1.165) is 14.3 Å². The number of hydrogen-bond acceptors (Lipinski definition) is 3. The highest BCUT2D eigenvalue weighted by atomic mass is 79.9. The molecule has 0 aliphatic rings. The zero-order valence-corrected chi connectivity index (χ0v) is 12.1. The van der Waals surface area contributed by atoms with Gasteiger partial charge in [-0.2, -0.15) is 5.26 Å². The molecule has 0 aromatic heterocycles. The molecule has 0 bridgehead atoms. The lowest BCUT2D eigenvalue weighted by molar-refractivity contribution is 0.414. The van der Waals surface area contributed by atoms with Crippen molar-refractivity contribution in [3.8, 4) is 11.8 Å². The van der Waals surface area contributed by atoms with Crippen molar-refractivity contribution in [2.45, 2.75) is 9.79 Å². The van der Waals surface area contributed by atoms with Crippen molar-refractivity contribution in [1.82, 2.24) is 0 Å². The fourth-order valence-electron chi connectivity index (χ4n) is 1.44. The lowest BCUT2D eigenvalue weighted by Crippen LogP contribution is -1.86. The highest BCUT2D eigenvalue weighted by Gasteiger charge is 2.06. The second-order valence-corrected chi connectivity index (χ2v) is 5.56. The Hall–Kier alpha value is -1.44. The van der Waals surface area contributed by atoms with E-state index in [9.17, 15) is 0 Å². The van der Waals surface area contributed by atoms with Crippen LogP contribution in [0.15, 0.2) is 56.7 Å². The molecule has 0 radical (unpaired) electrons. The van der Waals surface area contributed by atoms with Crippen molar-refractivity contribution in [2.24, 2.45) is 0 Å². The van der Waals surface area contributed by atoms with Crippen molar-refractivity contribution in [3.05, 3.63) is 52.5 Å². The average Bonchev–Trinajstić information content (AvgIpc) is 2.41. The fourth-order valence-corrected chi connectivity index (χ4v) is 2.58. The Morgan fingerprint density at radius 3 is 2.50 bits per heavy atom. The van der Waals surface area contributed by atoms with Gasteiger partial charge in [-0.25, -0.2) is 0 Å². The third-order valence-electron chi connectivity index (χ3n) is 2.35. The minimum Gasteiger partial charge on any atom is -0.497 e. The van der Waals surface area contributed by atoms with Gasteiger partial charge in [0.1, 0.15) is 11.8 Å². The molecule has 0 heterocycles. The van der Waals surface area contributed by atoms with E-state index < -0.39 is 0 Å². The van der Waals surface area contributed by atoms with Crippen molar-refractivity contribution in [1.29, 1.82) is 5.26 Å². The van der Waals surface area contributed by atoms with Gasteiger partial charge in [0.05, 0.1) is 12.7 Å². The van der Waals surface area contributed by atoms with E-state index in [2.05, 4.69) is 22.0 Å². The van der Waals surface area contributed by atoms with E-state index >= 15 is 0 Å². The van der Waals surface area contributed by atoms with Crippen LogP contribution >= 0.6 is 27.7 Å². The van der Waals surface area contributed by atoms with Gasteiger partial charge in [0.2, 0.25) is 0 Å². The molecular formula is C14H10BrNOS. The summed E-state index contributed by atoms with van der Waals surface area (Å²) in [5.41, 5.74) is 0.627. The Balaban J connectivity index is 2.29. The minimum atomic E-state index is 0.627. The van der Waals surface area contributed by atoms with Crippen LogP contribution in [0.3, 0.4) is 0 Å². The van der Waals surface area contributed by atoms with Crippen LogP contribution in [0.1, 0.15) is 5.56 Å². The zero-order chi connectivity index (χ0) is 13.0. The first kappa shape index (κ1) is 13.0. The number of benzene rings is 2. The number of hydrogen-bond donors (Lipinski definition) is 0. The average molecular weight is 320 g/mol. The van der Waals surface area contributed by atoms with Gasteiger partial charge in [0.25, 0.3) is 0 Å². The summed E-state index contributed by atoms with van der Waals surface area (Å²) < 4.78 is 6.15. The molecule has 0 aliphatic carbocycles. The van der Waals surface area contributed by atoms with Crippen LogP contribution in [0.2, 0.25) is 0 Å². The van der Waals surface area contributed by atoms with Crippen molar-refractivity contribution < 1.29 is 4.74 Å². The maximum atomic E-state index is 9.13. The first-order valence-corrected chi connectivity index (χ1v) is 6.85. The zero-order valence-electron chi connectivity index (χ0n) is 9.68. The Bertz CT molecular complexity index is 590. The Morgan fingerprint density at radius 2 is 1.89 bits per heavy atom. The van der Waals surface area contributed by atoms with E-state index in [0.29, 0.717) is 11.3 Å².